The predicted octanol–water partition coefficient (Wildman–Crippen LogP) is 5.06. The van der Waals surface area contributed by atoms with Gasteiger partial charge in [0, 0.05) is 35.9 Å². The zero-order chi connectivity index (χ0) is 15.5. The number of anilines is 1. The van der Waals surface area contributed by atoms with Crippen LogP contribution in [-0.2, 0) is 0 Å². The maximum absolute atomic E-state index is 4.67. The van der Waals surface area contributed by atoms with Crippen molar-refractivity contribution in [2.24, 2.45) is 0 Å². The summed E-state index contributed by atoms with van der Waals surface area (Å²) in [4.78, 5) is 7.04. The molecule has 2 heteroatoms. The van der Waals surface area contributed by atoms with Gasteiger partial charge in [-0.05, 0) is 49.9 Å². The lowest BCUT2D eigenvalue weighted by Gasteiger charge is -2.22. The molecule has 0 saturated carbocycles. The van der Waals surface area contributed by atoms with Gasteiger partial charge in [0.2, 0.25) is 0 Å². The molecule has 2 aromatic carbocycles. The summed E-state index contributed by atoms with van der Waals surface area (Å²) in [5, 5.41) is 2.45. The highest BCUT2D eigenvalue weighted by Gasteiger charge is 2.10. The van der Waals surface area contributed by atoms with Crippen LogP contribution < -0.4 is 4.90 Å². The minimum Gasteiger partial charge on any atom is -0.372 e. The highest BCUT2D eigenvalue weighted by molar-refractivity contribution is 5.95. The van der Waals surface area contributed by atoms with Crippen LogP contribution in [-0.4, -0.2) is 18.1 Å². The van der Waals surface area contributed by atoms with E-state index in [1.165, 1.54) is 27.6 Å². The highest BCUT2D eigenvalue weighted by Crippen LogP contribution is 2.31. The van der Waals surface area contributed by atoms with Crippen LogP contribution in [0.4, 0.5) is 5.69 Å². The second kappa shape index (κ2) is 6.18. The summed E-state index contributed by atoms with van der Waals surface area (Å²) in [7, 11) is 0. The van der Waals surface area contributed by atoms with Gasteiger partial charge in [-0.15, -0.1) is 0 Å². The van der Waals surface area contributed by atoms with E-state index < -0.39 is 0 Å². The maximum atomic E-state index is 4.67. The molecule has 2 nitrogen and oxygen atoms in total. The van der Waals surface area contributed by atoms with Crippen LogP contribution in [0.1, 0.15) is 19.4 Å². The first-order chi connectivity index (χ1) is 10.7. The second-order valence-corrected chi connectivity index (χ2v) is 5.55. The van der Waals surface area contributed by atoms with Crippen LogP contribution >= 0.6 is 0 Å². The number of pyridine rings is 1. The van der Waals surface area contributed by atoms with Crippen molar-refractivity contribution >= 4 is 16.5 Å². The maximum Gasteiger partial charge on any atom is 0.0783 e. The van der Waals surface area contributed by atoms with E-state index in [-0.39, 0.29) is 0 Å². The number of aromatic nitrogens is 1. The Morgan fingerprint density at radius 2 is 1.73 bits per heavy atom. The molecule has 1 heterocycles. The van der Waals surface area contributed by atoms with E-state index in [2.05, 4.69) is 79.2 Å². The molecule has 1 aromatic heterocycles. The van der Waals surface area contributed by atoms with Crippen LogP contribution in [0.15, 0.2) is 54.7 Å². The van der Waals surface area contributed by atoms with Crippen LogP contribution in [0.2, 0.25) is 0 Å². The van der Waals surface area contributed by atoms with Gasteiger partial charge in [-0.3, -0.25) is 4.98 Å². The van der Waals surface area contributed by atoms with Crippen molar-refractivity contribution in [3.8, 4) is 11.3 Å². The van der Waals surface area contributed by atoms with Gasteiger partial charge in [0.05, 0.1) is 5.69 Å². The SMILES string of the molecule is CCN(CC)c1ccc(C)c(-c2nccc3ccccc23)c1. The van der Waals surface area contributed by atoms with Gasteiger partial charge in [0.15, 0.2) is 0 Å². The third-order valence-corrected chi connectivity index (χ3v) is 4.28. The highest BCUT2D eigenvalue weighted by atomic mass is 15.1. The molecule has 112 valence electrons. The minimum atomic E-state index is 1.02. The summed E-state index contributed by atoms with van der Waals surface area (Å²) >= 11 is 0. The monoisotopic (exact) mass is 290 g/mol. The number of benzene rings is 2. The largest absolute Gasteiger partial charge is 0.372 e. The lowest BCUT2D eigenvalue weighted by molar-refractivity contribution is 0.866. The molecule has 0 bridgehead atoms. The van der Waals surface area contributed by atoms with E-state index >= 15 is 0 Å². The van der Waals surface area contributed by atoms with Crippen LogP contribution in [0.5, 0.6) is 0 Å². The zero-order valence-corrected chi connectivity index (χ0v) is 13.5. The summed E-state index contributed by atoms with van der Waals surface area (Å²) in [5.41, 5.74) is 4.82. The number of nitrogens with zero attached hydrogens (tertiary/aromatic N) is 2. The molecule has 0 spiro atoms. The van der Waals surface area contributed by atoms with E-state index in [4.69, 9.17) is 0 Å². The topological polar surface area (TPSA) is 16.1 Å². The van der Waals surface area contributed by atoms with Gasteiger partial charge in [0.1, 0.15) is 0 Å². The zero-order valence-electron chi connectivity index (χ0n) is 13.5. The average Bonchev–Trinajstić information content (AvgIpc) is 2.57. The molecule has 0 fully saturated rings. The molecule has 0 aliphatic rings. The third-order valence-electron chi connectivity index (χ3n) is 4.28. The van der Waals surface area contributed by atoms with Gasteiger partial charge < -0.3 is 4.90 Å². The normalized spacial score (nSPS) is 10.9. The van der Waals surface area contributed by atoms with E-state index in [0.29, 0.717) is 0 Å². The molecule has 0 unspecified atom stereocenters. The molecule has 0 saturated heterocycles. The van der Waals surface area contributed by atoms with Crippen molar-refractivity contribution in [3.63, 3.8) is 0 Å². The van der Waals surface area contributed by atoms with Gasteiger partial charge in [-0.1, -0.05) is 30.3 Å². The standard InChI is InChI=1S/C20H22N2/c1-4-22(5-2)17-11-10-15(3)19(14-17)20-18-9-7-6-8-16(18)12-13-21-20/h6-14H,4-5H2,1-3H3. The smallest absolute Gasteiger partial charge is 0.0783 e. The molecule has 0 N–H and O–H groups in total. The van der Waals surface area contributed by atoms with Gasteiger partial charge in [0.25, 0.3) is 0 Å². The fourth-order valence-corrected chi connectivity index (χ4v) is 2.98. The molecule has 22 heavy (non-hydrogen) atoms. The Morgan fingerprint density at radius 1 is 0.955 bits per heavy atom. The third kappa shape index (κ3) is 2.57. The predicted molar refractivity (Wildman–Crippen MR) is 95.5 cm³/mol. The summed E-state index contributed by atoms with van der Waals surface area (Å²) in [6, 6.07) is 17.2. The van der Waals surface area contributed by atoms with Crippen molar-refractivity contribution in [2.45, 2.75) is 20.8 Å². The average molecular weight is 290 g/mol. The second-order valence-electron chi connectivity index (χ2n) is 5.55. The first-order valence-electron chi connectivity index (χ1n) is 7.94. The molecule has 0 aliphatic carbocycles. The Hall–Kier alpha value is -2.35. The summed E-state index contributed by atoms with van der Waals surface area (Å²) in [6.07, 6.45) is 1.90. The molecule has 3 aromatic rings. The first-order valence-corrected chi connectivity index (χ1v) is 7.94. The van der Waals surface area contributed by atoms with Crippen molar-refractivity contribution in [3.05, 3.63) is 60.3 Å². The Morgan fingerprint density at radius 3 is 2.50 bits per heavy atom. The van der Waals surface area contributed by atoms with Crippen LogP contribution in [0, 0.1) is 6.92 Å². The quantitative estimate of drug-likeness (QED) is 0.668. The number of aryl methyl sites for hydroxylation is 1. The van der Waals surface area contributed by atoms with E-state index in [1.807, 2.05) is 6.20 Å². The Kier molecular flexibility index (Phi) is 4.10. The van der Waals surface area contributed by atoms with Gasteiger partial charge in [-0.25, -0.2) is 0 Å². The molecule has 0 amide bonds. The molecule has 0 atom stereocenters. The van der Waals surface area contributed by atoms with E-state index in [9.17, 15) is 0 Å². The molecular formula is C20H22N2. The number of rotatable bonds is 4. The summed E-state index contributed by atoms with van der Waals surface area (Å²) in [6.45, 7) is 8.58. The van der Waals surface area contributed by atoms with Crippen molar-refractivity contribution in [1.82, 2.24) is 4.98 Å². The first kappa shape index (κ1) is 14.6. The van der Waals surface area contributed by atoms with E-state index in [1.54, 1.807) is 0 Å². The minimum absolute atomic E-state index is 1.02. The van der Waals surface area contributed by atoms with Crippen molar-refractivity contribution in [1.29, 1.82) is 0 Å². The molecule has 0 radical (unpaired) electrons. The fourth-order valence-electron chi connectivity index (χ4n) is 2.98. The lowest BCUT2D eigenvalue weighted by atomic mass is 9.99. The van der Waals surface area contributed by atoms with Gasteiger partial charge in [-0.2, -0.15) is 0 Å². The summed E-state index contributed by atoms with van der Waals surface area (Å²) < 4.78 is 0. The lowest BCUT2D eigenvalue weighted by Crippen LogP contribution is -2.21. The van der Waals surface area contributed by atoms with Crippen LogP contribution in [0.3, 0.4) is 0 Å². The van der Waals surface area contributed by atoms with Crippen LogP contribution in [0.25, 0.3) is 22.0 Å². The van der Waals surface area contributed by atoms with Gasteiger partial charge >= 0.3 is 0 Å². The molecule has 3 rings (SSSR count). The fraction of sp³-hybridized carbons (Fsp3) is 0.250. The Balaban J connectivity index is 2.20. The number of fused-ring (bicyclic) bond motifs is 1. The number of hydrogen-bond acceptors (Lipinski definition) is 2. The number of hydrogen-bond donors (Lipinski definition) is 0. The van der Waals surface area contributed by atoms with Crippen molar-refractivity contribution in [2.75, 3.05) is 18.0 Å². The Labute approximate surface area is 132 Å². The van der Waals surface area contributed by atoms with Crippen molar-refractivity contribution < 1.29 is 0 Å². The van der Waals surface area contributed by atoms with E-state index in [0.717, 1.165) is 18.8 Å². The molecule has 0 aliphatic heterocycles. The molecular weight excluding hydrogens is 268 g/mol. The Bertz CT molecular complexity index is 783. The summed E-state index contributed by atoms with van der Waals surface area (Å²) in [5.74, 6) is 0.